The quantitative estimate of drug-likeness (QED) is 0.652. The first-order valence-corrected chi connectivity index (χ1v) is 9.05. The monoisotopic (exact) mass is 358 g/mol. The number of carbonyl (C=O) groups is 2. The summed E-state index contributed by atoms with van der Waals surface area (Å²) in [4.78, 5) is 27.7. The van der Waals surface area contributed by atoms with Gasteiger partial charge in [-0.1, -0.05) is 12.1 Å². The van der Waals surface area contributed by atoms with Crippen LogP contribution in [-0.2, 0) is 16.8 Å². The summed E-state index contributed by atoms with van der Waals surface area (Å²) in [6.07, 6.45) is 1.79. The predicted octanol–water partition coefficient (Wildman–Crippen LogP) is 2.32. The van der Waals surface area contributed by atoms with Crippen LogP contribution in [0.3, 0.4) is 0 Å². The van der Waals surface area contributed by atoms with Crippen molar-refractivity contribution in [2.75, 3.05) is 13.2 Å². The number of fused-ring (bicyclic) bond motifs is 1. The maximum absolute atomic E-state index is 13.1. The van der Waals surface area contributed by atoms with Gasteiger partial charge in [-0.05, 0) is 36.4 Å². The number of benzene rings is 1. The van der Waals surface area contributed by atoms with Gasteiger partial charge in [-0.15, -0.1) is 11.3 Å². The zero-order valence-corrected chi connectivity index (χ0v) is 14.3. The van der Waals surface area contributed by atoms with Crippen LogP contribution in [0.1, 0.15) is 33.6 Å². The molecular weight excluding hydrogens is 340 g/mol. The zero-order valence-electron chi connectivity index (χ0n) is 13.5. The molecule has 2 aromatic rings. The third-order valence-electron chi connectivity index (χ3n) is 4.85. The lowest BCUT2D eigenvalue weighted by molar-refractivity contribution is -0.134. The molecule has 2 amide bonds. The summed E-state index contributed by atoms with van der Waals surface area (Å²) in [7, 11) is 0. The Morgan fingerprint density at radius 3 is 2.80 bits per heavy atom. The lowest BCUT2D eigenvalue weighted by Crippen LogP contribution is -2.39. The molecule has 1 aromatic carbocycles. The van der Waals surface area contributed by atoms with Crippen LogP contribution in [0.2, 0.25) is 0 Å². The zero-order chi connectivity index (χ0) is 17.4. The molecule has 0 atom stereocenters. The minimum Gasteiger partial charge on any atom is -0.491 e. The number of hydroxylamine groups is 1. The average molecular weight is 358 g/mol. The fourth-order valence-corrected chi connectivity index (χ4v) is 4.27. The normalized spacial score (nSPS) is 17.9. The number of rotatable bonds is 3. The summed E-state index contributed by atoms with van der Waals surface area (Å²) < 4.78 is 5.74. The third-order valence-corrected chi connectivity index (χ3v) is 5.92. The molecule has 1 aromatic heterocycles. The summed E-state index contributed by atoms with van der Waals surface area (Å²) in [6, 6.07) is 9.02. The Balaban J connectivity index is 1.58. The van der Waals surface area contributed by atoms with E-state index in [1.165, 1.54) is 0 Å². The topological polar surface area (TPSA) is 78.9 Å². The number of thiophene rings is 1. The van der Waals surface area contributed by atoms with E-state index in [0.717, 1.165) is 23.3 Å². The highest BCUT2D eigenvalue weighted by atomic mass is 32.1. The smallest absolute Gasteiger partial charge is 0.274 e. The molecule has 0 unspecified atom stereocenters. The van der Waals surface area contributed by atoms with Crippen molar-refractivity contribution < 1.29 is 19.5 Å². The van der Waals surface area contributed by atoms with E-state index in [1.807, 2.05) is 22.4 Å². The number of nitrogens with zero attached hydrogens (tertiary/aromatic N) is 1. The second-order valence-electron chi connectivity index (χ2n) is 6.40. The van der Waals surface area contributed by atoms with Crippen LogP contribution >= 0.6 is 11.3 Å². The van der Waals surface area contributed by atoms with Crippen molar-refractivity contribution in [3.63, 3.8) is 0 Å². The van der Waals surface area contributed by atoms with E-state index in [-0.39, 0.29) is 11.3 Å². The Labute approximate surface area is 149 Å². The highest BCUT2D eigenvalue weighted by Crippen LogP contribution is 2.51. The van der Waals surface area contributed by atoms with Crippen molar-refractivity contribution in [1.82, 2.24) is 10.4 Å². The molecule has 0 radical (unpaired) electrons. The van der Waals surface area contributed by atoms with Crippen molar-refractivity contribution >= 4 is 23.2 Å². The van der Waals surface area contributed by atoms with Gasteiger partial charge in [0, 0.05) is 22.5 Å². The van der Waals surface area contributed by atoms with E-state index < -0.39 is 5.91 Å². The Bertz CT molecular complexity index is 814. The second-order valence-corrected chi connectivity index (χ2v) is 7.35. The molecule has 2 heterocycles. The Hall–Kier alpha value is -2.38. The summed E-state index contributed by atoms with van der Waals surface area (Å²) in [5.74, 6) is 0.152. The van der Waals surface area contributed by atoms with Gasteiger partial charge in [0.15, 0.2) is 0 Å². The summed E-state index contributed by atoms with van der Waals surface area (Å²) >= 11 is 1.64. The first-order valence-electron chi connectivity index (χ1n) is 8.17. The summed E-state index contributed by atoms with van der Waals surface area (Å²) in [5.41, 5.74) is 2.45. The molecule has 2 N–H and O–H groups in total. The molecule has 0 saturated heterocycles. The van der Waals surface area contributed by atoms with Gasteiger partial charge < -0.3 is 9.64 Å². The Morgan fingerprint density at radius 2 is 2.12 bits per heavy atom. The molecule has 1 aliphatic heterocycles. The molecule has 0 spiro atoms. The first-order chi connectivity index (χ1) is 12.1. The van der Waals surface area contributed by atoms with Crippen LogP contribution in [-0.4, -0.2) is 35.1 Å². The lowest BCUT2D eigenvalue weighted by atomic mass is 10.0. The molecule has 130 valence electrons. The molecule has 1 aliphatic carbocycles. The molecular formula is C18H18N2O4S. The minimum absolute atomic E-state index is 0.156. The van der Waals surface area contributed by atoms with Gasteiger partial charge in [0.05, 0.1) is 12.0 Å². The molecule has 4 rings (SSSR count). The van der Waals surface area contributed by atoms with Gasteiger partial charge in [-0.3, -0.25) is 14.8 Å². The van der Waals surface area contributed by atoms with E-state index in [2.05, 4.69) is 0 Å². The van der Waals surface area contributed by atoms with E-state index in [4.69, 9.17) is 9.94 Å². The largest absolute Gasteiger partial charge is 0.491 e. The van der Waals surface area contributed by atoms with Crippen LogP contribution in [0.15, 0.2) is 35.7 Å². The summed E-state index contributed by atoms with van der Waals surface area (Å²) in [6.45, 7) is 1.36. The molecule has 1 fully saturated rings. The highest BCUT2D eigenvalue weighted by molar-refractivity contribution is 7.10. The van der Waals surface area contributed by atoms with Crippen molar-refractivity contribution in [2.45, 2.75) is 24.8 Å². The van der Waals surface area contributed by atoms with Gasteiger partial charge >= 0.3 is 0 Å². The Morgan fingerprint density at radius 1 is 1.28 bits per heavy atom. The van der Waals surface area contributed by atoms with Crippen LogP contribution in [0.25, 0.3) is 0 Å². The predicted molar refractivity (Wildman–Crippen MR) is 91.8 cm³/mol. The number of carbonyl (C=O) groups excluding carboxylic acids is 2. The molecule has 25 heavy (non-hydrogen) atoms. The molecule has 6 nitrogen and oxygen atoms in total. The number of amides is 2. The maximum atomic E-state index is 13.1. The second kappa shape index (κ2) is 6.16. The average Bonchev–Trinajstić information content (AvgIpc) is 3.32. The molecule has 7 heteroatoms. The van der Waals surface area contributed by atoms with Crippen molar-refractivity contribution in [3.05, 3.63) is 51.7 Å². The molecule has 2 aliphatic rings. The SMILES string of the molecule is O=C(NO)c1ccc2c(c1)OCCN(C(=O)C1(c3cccs3)CC1)C2. The highest BCUT2D eigenvalue weighted by Gasteiger charge is 2.53. The molecule has 0 bridgehead atoms. The van der Waals surface area contributed by atoms with Crippen molar-refractivity contribution in [2.24, 2.45) is 0 Å². The van der Waals surface area contributed by atoms with Gasteiger partial charge in [-0.25, -0.2) is 5.48 Å². The maximum Gasteiger partial charge on any atom is 0.274 e. The fraction of sp³-hybridized carbons (Fsp3) is 0.333. The number of hydrogen-bond acceptors (Lipinski definition) is 5. The third kappa shape index (κ3) is 2.79. The van der Waals surface area contributed by atoms with Gasteiger partial charge in [0.25, 0.3) is 5.91 Å². The van der Waals surface area contributed by atoms with E-state index in [0.29, 0.717) is 31.0 Å². The van der Waals surface area contributed by atoms with Crippen LogP contribution in [0.5, 0.6) is 5.75 Å². The van der Waals surface area contributed by atoms with Crippen molar-refractivity contribution in [1.29, 1.82) is 0 Å². The number of hydrogen-bond donors (Lipinski definition) is 2. The minimum atomic E-state index is -0.585. The van der Waals surface area contributed by atoms with Crippen LogP contribution in [0.4, 0.5) is 0 Å². The fourth-order valence-electron chi connectivity index (χ4n) is 3.29. The standard InChI is InChI=1S/C18H18N2O4S/c21-16(19-23)12-3-4-13-11-20(7-8-24-14(13)10-12)17(22)18(5-6-18)15-2-1-9-25-15/h1-4,9-10,23H,5-8,11H2,(H,19,21). The number of ether oxygens (including phenoxy) is 1. The van der Waals surface area contributed by atoms with E-state index >= 15 is 0 Å². The van der Waals surface area contributed by atoms with Gasteiger partial charge in [-0.2, -0.15) is 0 Å². The van der Waals surface area contributed by atoms with Crippen molar-refractivity contribution in [3.8, 4) is 5.75 Å². The van der Waals surface area contributed by atoms with E-state index in [1.54, 1.807) is 35.0 Å². The van der Waals surface area contributed by atoms with Crippen LogP contribution in [0, 0.1) is 0 Å². The van der Waals surface area contributed by atoms with Crippen LogP contribution < -0.4 is 10.2 Å². The first kappa shape index (κ1) is 16.1. The molecule has 1 saturated carbocycles. The van der Waals surface area contributed by atoms with Gasteiger partial charge in [0.1, 0.15) is 12.4 Å². The van der Waals surface area contributed by atoms with E-state index in [9.17, 15) is 9.59 Å². The Kier molecular flexibility index (Phi) is 3.97. The van der Waals surface area contributed by atoms with Gasteiger partial charge in [0.2, 0.25) is 5.91 Å². The number of nitrogens with one attached hydrogen (secondary N) is 1. The summed E-state index contributed by atoms with van der Waals surface area (Å²) in [5, 5.41) is 10.8. The lowest BCUT2D eigenvalue weighted by Gasteiger charge is -2.25.